The molecule has 1 aromatic rings. The van der Waals surface area contributed by atoms with Crippen molar-refractivity contribution in [3.05, 3.63) is 23.2 Å². The van der Waals surface area contributed by atoms with Gasteiger partial charge in [0.15, 0.2) is 0 Å². The molecule has 0 radical (unpaired) electrons. The largest absolute Gasteiger partial charge is 0.321 e. The lowest BCUT2D eigenvalue weighted by atomic mass is 10.4. The van der Waals surface area contributed by atoms with Gasteiger partial charge in [0.1, 0.15) is 4.64 Å². The average Bonchev–Trinajstić information content (AvgIpc) is 1.88. The van der Waals surface area contributed by atoms with Crippen LogP contribution in [0, 0.1) is 4.64 Å². The topological polar surface area (TPSA) is 17.8 Å². The average molecular weight is 154 g/mol. The molecule has 1 rings (SSSR count). The van der Waals surface area contributed by atoms with Crippen LogP contribution < -0.4 is 0 Å². The second-order valence-corrected chi connectivity index (χ2v) is 2.84. The van der Waals surface area contributed by atoms with Gasteiger partial charge in [0.25, 0.3) is 0 Å². The Bertz CT molecular complexity index is 264. The zero-order valence-electron chi connectivity index (χ0n) is 6.11. The van der Waals surface area contributed by atoms with Crippen LogP contribution in [0.25, 0.3) is 0 Å². The molecule has 1 heterocycles. The van der Waals surface area contributed by atoms with E-state index in [-0.39, 0.29) is 0 Å². The van der Waals surface area contributed by atoms with Gasteiger partial charge in [-0.2, -0.15) is 0 Å². The molecule has 0 amide bonds. The first kappa shape index (κ1) is 7.41. The summed E-state index contributed by atoms with van der Waals surface area (Å²) in [6.07, 6.45) is 3.47. The Balaban J connectivity index is 3.16. The molecule has 0 saturated carbocycles. The minimum Gasteiger partial charge on any atom is -0.321 e. The highest BCUT2D eigenvalue weighted by Crippen LogP contribution is 2.02. The highest BCUT2D eigenvalue weighted by molar-refractivity contribution is 7.71. The molecule has 0 fully saturated rings. The van der Waals surface area contributed by atoms with Crippen LogP contribution in [0.4, 0.5) is 0 Å². The predicted octanol–water partition coefficient (Wildman–Crippen LogP) is 2.19. The lowest BCUT2D eigenvalue weighted by Gasteiger charge is -2.08. The Hall–Kier alpha value is -0.700. The molecule has 1 aromatic heterocycles. The minimum absolute atomic E-state index is 0.404. The summed E-state index contributed by atoms with van der Waals surface area (Å²) in [5.74, 6) is 0. The predicted molar refractivity (Wildman–Crippen MR) is 43.4 cm³/mol. The molecular weight excluding hydrogens is 144 g/mol. The van der Waals surface area contributed by atoms with Crippen LogP contribution in [0.5, 0.6) is 0 Å². The van der Waals surface area contributed by atoms with Crippen molar-refractivity contribution in [2.75, 3.05) is 0 Å². The van der Waals surface area contributed by atoms with Crippen molar-refractivity contribution < 1.29 is 0 Å². The van der Waals surface area contributed by atoms with Gasteiger partial charge in [-0.25, -0.2) is 4.98 Å². The molecule has 54 valence electrons. The van der Waals surface area contributed by atoms with E-state index in [0.29, 0.717) is 6.04 Å². The summed E-state index contributed by atoms with van der Waals surface area (Å²) in [6.45, 7) is 4.16. The zero-order valence-corrected chi connectivity index (χ0v) is 6.93. The number of rotatable bonds is 1. The van der Waals surface area contributed by atoms with Crippen molar-refractivity contribution in [2.24, 2.45) is 0 Å². The molecular formula is C7H10N2S. The monoisotopic (exact) mass is 154 g/mol. The summed E-state index contributed by atoms with van der Waals surface area (Å²) in [7, 11) is 0. The summed E-state index contributed by atoms with van der Waals surface area (Å²) >= 11 is 5.05. The van der Waals surface area contributed by atoms with Crippen molar-refractivity contribution in [2.45, 2.75) is 19.9 Å². The maximum Gasteiger partial charge on any atom is 0.108 e. The number of aromatic nitrogens is 2. The second kappa shape index (κ2) is 2.92. The van der Waals surface area contributed by atoms with E-state index < -0.39 is 0 Å². The summed E-state index contributed by atoms with van der Waals surface area (Å²) in [4.78, 5) is 3.96. The quantitative estimate of drug-likeness (QED) is 0.577. The van der Waals surface area contributed by atoms with E-state index in [0.717, 1.165) is 4.64 Å². The van der Waals surface area contributed by atoms with Crippen LogP contribution in [0.15, 0.2) is 18.6 Å². The third-order valence-electron chi connectivity index (χ3n) is 1.31. The van der Waals surface area contributed by atoms with Crippen LogP contribution in [0.2, 0.25) is 0 Å². The molecule has 0 bridgehead atoms. The Morgan fingerprint density at radius 2 is 2.30 bits per heavy atom. The van der Waals surface area contributed by atoms with Crippen LogP contribution >= 0.6 is 12.2 Å². The molecule has 0 unspecified atom stereocenters. The Morgan fingerprint density at radius 3 is 2.70 bits per heavy atom. The Kier molecular flexibility index (Phi) is 2.17. The van der Waals surface area contributed by atoms with E-state index >= 15 is 0 Å². The van der Waals surface area contributed by atoms with E-state index in [1.54, 1.807) is 12.5 Å². The summed E-state index contributed by atoms with van der Waals surface area (Å²) in [6, 6.07) is 2.23. The van der Waals surface area contributed by atoms with Gasteiger partial charge in [0.05, 0.1) is 6.33 Å². The van der Waals surface area contributed by atoms with Gasteiger partial charge in [0.2, 0.25) is 0 Å². The van der Waals surface area contributed by atoms with Gasteiger partial charge in [0, 0.05) is 12.2 Å². The molecule has 0 N–H and O–H groups in total. The number of hydrogen-bond donors (Lipinski definition) is 0. The first-order valence-corrected chi connectivity index (χ1v) is 3.65. The minimum atomic E-state index is 0.404. The lowest BCUT2D eigenvalue weighted by molar-refractivity contribution is 0.578. The smallest absolute Gasteiger partial charge is 0.108 e. The van der Waals surface area contributed by atoms with Crippen LogP contribution in [-0.2, 0) is 0 Å². The molecule has 3 heteroatoms. The van der Waals surface area contributed by atoms with E-state index in [1.807, 2.05) is 10.6 Å². The molecule has 0 aliphatic carbocycles. The van der Waals surface area contributed by atoms with Crippen molar-refractivity contribution in [1.82, 2.24) is 9.55 Å². The zero-order chi connectivity index (χ0) is 7.56. The van der Waals surface area contributed by atoms with E-state index in [9.17, 15) is 0 Å². The SMILES string of the molecule is CC(C)n1cnccc1=S. The van der Waals surface area contributed by atoms with Crippen LogP contribution in [0.1, 0.15) is 19.9 Å². The van der Waals surface area contributed by atoms with E-state index in [2.05, 4.69) is 18.8 Å². The van der Waals surface area contributed by atoms with Gasteiger partial charge in [-0.3, -0.25) is 0 Å². The summed E-state index contributed by atoms with van der Waals surface area (Å²) < 4.78 is 2.79. The van der Waals surface area contributed by atoms with Crippen molar-refractivity contribution in [3.63, 3.8) is 0 Å². The fraction of sp³-hybridized carbons (Fsp3) is 0.429. The van der Waals surface area contributed by atoms with E-state index in [4.69, 9.17) is 12.2 Å². The first-order valence-electron chi connectivity index (χ1n) is 3.24. The molecule has 0 saturated heterocycles. The molecule has 2 nitrogen and oxygen atoms in total. The second-order valence-electron chi connectivity index (χ2n) is 2.42. The Labute approximate surface area is 65.5 Å². The number of nitrogens with zero attached hydrogens (tertiary/aromatic N) is 2. The normalized spacial score (nSPS) is 10.3. The molecule has 0 aliphatic heterocycles. The molecule has 10 heavy (non-hydrogen) atoms. The van der Waals surface area contributed by atoms with Gasteiger partial charge >= 0.3 is 0 Å². The summed E-state index contributed by atoms with van der Waals surface area (Å²) in [5.41, 5.74) is 0. The highest BCUT2D eigenvalue weighted by Gasteiger charge is 1.93. The first-order chi connectivity index (χ1) is 4.72. The lowest BCUT2D eigenvalue weighted by Crippen LogP contribution is -2.02. The van der Waals surface area contributed by atoms with Crippen LogP contribution in [0.3, 0.4) is 0 Å². The maximum atomic E-state index is 5.05. The molecule has 0 aliphatic rings. The third kappa shape index (κ3) is 1.42. The molecule has 0 aromatic carbocycles. The number of hydrogen-bond acceptors (Lipinski definition) is 2. The standard InChI is InChI=1S/C7H10N2S/c1-6(2)9-5-8-4-3-7(9)10/h3-6H,1-2H3. The van der Waals surface area contributed by atoms with Crippen molar-refractivity contribution in [1.29, 1.82) is 0 Å². The van der Waals surface area contributed by atoms with Gasteiger partial charge in [-0.1, -0.05) is 12.2 Å². The molecule has 0 spiro atoms. The Morgan fingerprint density at radius 1 is 1.60 bits per heavy atom. The third-order valence-corrected chi connectivity index (χ3v) is 1.65. The fourth-order valence-corrected chi connectivity index (χ4v) is 1.07. The highest BCUT2D eigenvalue weighted by atomic mass is 32.1. The van der Waals surface area contributed by atoms with Crippen molar-refractivity contribution >= 4 is 12.2 Å². The maximum absolute atomic E-state index is 5.05. The summed E-state index contributed by atoms with van der Waals surface area (Å²) in [5, 5.41) is 0. The van der Waals surface area contributed by atoms with Crippen molar-refractivity contribution in [3.8, 4) is 0 Å². The van der Waals surface area contributed by atoms with Crippen LogP contribution in [-0.4, -0.2) is 9.55 Å². The van der Waals surface area contributed by atoms with Gasteiger partial charge in [-0.05, 0) is 19.9 Å². The van der Waals surface area contributed by atoms with Gasteiger partial charge in [-0.15, -0.1) is 0 Å². The fourth-order valence-electron chi connectivity index (χ4n) is 0.748. The molecule has 0 atom stereocenters. The van der Waals surface area contributed by atoms with E-state index in [1.165, 1.54) is 0 Å². The van der Waals surface area contributed by atoms with Gasteiger partial charge < -0.3 is 4.57 Å².